The van der Waals surface area contributed by atoms with Gasteiger partial charge in [-0.1, -0.05) is 11.6 Å². The molecule has 1 N–H and O–H groups in total. The third-order valence-electron chi connectivity index (χ3n) is 4.84. The van der Waals surface area contributed by atoms with Gasteiger partial charge in [-0.25, -0.2) is 8.42 Å². The lowest BCUT2D eigenvalue weighted by Gasteiger charge is -2.31. The maximum Gasteiger partial charge on any atom is 0.243 e. The summed E-state index contributed by atoms with van der Waals surface area (Å²) in [6.45, 7) is 2.58. The van der Waals surface area contributed by atoms with E-state index in [1.807, 2.05) is 19.1 Å². The van der Waals surface area contributed by atoms with E-state index >= 15 is 0 Å². The van der Waals surface area contributed by atoms with Crippen molar-refractivity contribution in [1.29, 1.82) is 0 Å². The summed E-state index contributed by atoms with van der Waals surface area (Å²) < 4.78 is 26.9. The average molecular weight is 408 g/mol. The van der Waals surface area contributed by atoms with Crippen LogP contribution in [0.15, 0.2) is 53.7 Å². The first kappa shape index (κ1) is 19.8. The smallest absolute Gasteiger partial charge is 0.243 e. The summed E-state index contributed by atoms with van der Waals surface area (Å²) in [6, 6.07) is 9.76. The van der Waals surface area contributed by atoms with Crippen LogP contribution in [0.1, 0.15) is 31.4 Å². The summed E-state index contributed by atoms with van der Waals surface area (Å²) in [5.74, 6) is -0.228. The van der Waals surface area contributed by atoms with Crippen LogP contribution in [-0.4, -0.2) is 36.7 Å². The molecule has 1 amide bonds. The number of carbonyl (C=O) groups excluding carboxylic acids is 1. The summed E-state index contributed by atoms with van der Waals surface area (Å²) in [5.41, 5.74) is 0.987. The highest BCUT2D eigenvalue weighted by Crippen LogP contribution is 2.25. The predicted octanol–water partition coefficient (Wildman–Crippen LogP) is 3.01. The molecule has 1 atom stereocenters. The monoisotopic (exact) mass is 407 g/mol. The quantitative estimate of drug-likeness (QED) is 0.826. The second-order valence-electron chi connectivity index (χ2n) is 6.64. The second kappa shape index (κ2) is 8.37. The van der Waals surface area contributed by atoms with Gasteiger partial charge in [-0.15, -0.1) is 0 Å². The van der Waals surface area contributed by atoms with Crippen molar-refractivity contribution in [2.75, 3.05) is 13.1 Å². The number of benzene rings is 1. The molecule has 144 valence electrons. The van der Waals surface area contributed by atoms with Crippen molar-refractivity contribution in [3.05, 3.63) is 59.4 Å². The maximum atomic E-state index is 12.7. The molecular weight excluding hydrogens is 386 g/mol. The molecule has 6 nitrogen and oxygen atoms in total. The van der Waals surface area contributed by atoms with E-state index in [9.17, 15) is 13.2 Å². The lowest BCUT2D eigenvalue weighted by Crippen LogP contribution is -2.43. The molecule has 1 fully saturated rings. The minimum Gasteiger partial charge on any atom is -0.349 e. The number of amides is 1. The summed E-state index contributed by atoms with van der Waals surface area (Å²) in [7, 11) is -3.56. The number of sulfonamides is 1. The van der Waals surface area contributed by atoms with E-state index in [0.717, 1.165) is 5.56 Å². The van der Waals surface area contributed by atoms with Gasteiger partial charge in [0.1, 0.15) is 0 Å². The van der Waals surface area contributed by atoms with Crippen molar-refractivity contribution in [2.24, 2.45) is 5.92 Å². The molecule has 1 aromatic heterocycles. The molecule has 1 aliphatic heterocycles. The highest BCUT2D eigenvalue weighted by Gasteiger charge is 2.32. The van der Waals surface area contributed by atoms with E-state index < -0.39 is 10.0 Å². The van der Waals surface area contributed by atoms with Crippen LogP contribution in [0.4, 0.5) is 0 Å². The summed E-state index contributed by atoms with van der Waals surface area (Å²) >= 11 is 5.83. The number of pyridine rings is 1. The van der Waals surface area contributed by atoms with Gasteiger partial charge in [0.25, 0.3) is 0 Å². The Bertz CT molecular complexity index is 880. The zero-order valence-corrected chi connectivity index (χ0v) is 16.6. The molecule has 0 bridgehead atoms. The molecule has 2 aromatic rings. The standard InChI is InChI=1S/C19H22ClN3O3S/c1-14(15-6-10-21-11-7-15)22-19(24)16-8-12-23(13-9-16)27(25,26)18-4-2-17(20)3-5-18/h2-7,10-11,14,16H,8-9,12-13H2,1H3,(H,22,24)/t14-/m1/s1. The molecule has 1 aliphatic rings. The average Bonchev–Trinajstić information content (AvgIpc) is 2.69. The number of nitrogens with one attached hydrogen (secondary N) is 1. The molecule has 0 radical (unpaired) electrons. The molecule has 3 rings (SSSR count). The largest absolute Gasteiger partial charge is 0.349 e. The van der Waals surface area contributed by atoms with E-state index in [1.165, 1.54) is 16.4 Å². The first-order chi connectivity index (χ1) is 12.9. The van der Waals surface area contributed by atoms with Crippen molar-refractivity contribution in [3.8, 4) is 0 Å². The first-order valence-electron chi connectivity index (χ1n) is 8.84. The fraction of sp³-hybridized carbons (Fsp3) is 0.368. The molecule has 1 saturated heterocycles. The summed E-state index contributed by atoms with van der Waals surface area (Å²) in [6.07, 6.45) is 4.39. The Hall–Kier alpha value is -1.96. The Kier molecular flexibility index (Phi) is 6.14. The molecule has 0 unspecified atom stereocenters. The number of piperidine rings is 1. The van der Waals surface area contributed by atoms with Gasteiger partial charge in [-0.2, -0.15) is 4.31 Å². The number of rotatable bonds is 5. The van der Waals surface area contributed by atoms with E-state index in [4.69, 9.17) is 11.6 Å². The van der Waals surface area contributed by atoms with Crippen LogP contribution >= 0.6 is 11.6 Å². The first-order valence-corrected chi connectivity index (χ1v) is 10.7. The van der Waals surface area contributed by atoms with Gasteiger partial charge in [0.05, 0.1) is 10.9 Å². The van der Waals surface area contributed by atoms with Gasteiger partial charge < -0.3 is 5.32 Å². The summed E-state index contributed by atoms with van der Waals surface area (Å²) in [4.78, 5) is 16.7. The number of aromatic nitrogens is 1. The molecule has 27 heavy (non-hydrogen) atoms. The minimum absolute atomic E-state index is 0.0390. The van der Waals surface area contributed by atoms with Crippen LogP contribution in [0.2, 0.25) is 5.02 Å². The molecule has 8 heteroatoms. The van der Waals surface area contributed by atoms with Crippen molar-refractivity contribution < 1.29 is 13.2 Å². The number of hydrogen-bond donors (Lipinski definition) is 1. The lowest BCUT2D eigenvalue weighted by molar-refractivity contribution is -0.126. The second-order valence-corrected chi connectivity index (χ2v) is 9.02. The molecular formula is C19H22ClN3O3S. The van der Waals surface area contributed by atoms with Crippen molar-refractivity contribution in [3.63, 3.8) is 0 Å². The van der Waals surface area contributed by atoms with E-state index in [0.29, 0.717) is 31.0 Å². The molecule has 2 heterocycles. The van der Waals surface area contributed by atoms with Gasteiger partial charge in [0, 0.05) is 36.4 Å². The van der Waals surface area contributed by atoms with Gasteiger partial charge in [0.15, 0.2) is 0 Å². The van der Waals surface area contributed by atoms with E-state index in [2.05, 4.69) is 10.3 Å². The Labute approximate surface area is 164 Å². The number of nitrogens with zero attached hydrogens (tertiary/aromatic N) is 2. The van der Waals surface area contributed by atoms with Crippen LogP contribution in [0.25, 0.3) is 0 Å². The summed E-state index contributed by atoms with van der Waals surface area (Å²) in [5, 5.41) is 3.50. The van der Waals surface area contributed by atoms with Gasteiger partial charge in [-0.3, -0.25) is 9.78 Å². The minimum atomic E-state index is -3.56. The van der Waals surface area contributed by atoms with Crippen LogP contribution in [-0.2, 0) is 14.8 Å². The zero-order valence-electron chi connectivity index (χ0n) is 15.0. The SMILES string of the molecule is C[C@@H](NC(=O)C1CCN(S(=O)(=O)c2ccc(Cl)cc2)CC1)c1ccncc1. The van der Waals surface area contributed by atoms with Crippen LogP contribution in [0, 0.1) is 5.92 Å². The normalized spacial score (nSPS) is 17.4. The Morgan fingerprint density at radius 3 is 2.33 bits per heavy atom. The topological polar surface area (TPSA) is 79.4 Å². The van der Waals surface area contributed by atoms with Gasteiger partial charge in [0.2, 0.25) is 15.9 Å². The maximum absolute atomic E-state index is 12.7. The Morgan fingerprint density at radius 2 is 1.74 bits per heavy atom. The zero-order chi connectivity index (χ0) is 19.4. The third-order valence-corrected chi connectivity index (χ3v) is 7.01. The lowest BCUT2D eigenvalue weighted by atomic mass is 9.96. The van der Waals surface area contributed by atoms with Crippen molar-refractivity contribution in [2.45, 2.75) is 30.7 Å². The van der Waals surface area contributed by atoms with E-state index in [1.54, 1.807) is 24.5 Å². The highest BCUT2D eigenvalue weighted by atomic mass is 35.5. The number of hydrogen-bond acceptors (Lipinski definition) is 4. The fourth-order valence-electron chi connectivity index (χ4n) is 3.18. The van der Waals surface area contributed by atoms with Crippen LogP contribution < -0.4 is 5.32 Å². The Morgan fingerprint density at radius 1 is 1.15 bits per heavy atom. The predicted molar refractivity (Wildman–Crippen MR) is 104 cm³/mol. The number of halogens is 1. The molecule has 0 spiro atoms. The molecule has 0 saturated carbocycles. The molecule has 1 aromatic carbocycles. The van der Waals surface area contributed by atoms with Gasteiger partial charge in [-0.05, 0) is 61.7 Å². The highest BCUT2D eigenvalue weighted by molar-refractivity contribution is 7.89. The van der Waals surface area contributed by atoms with Crippen LogP contribution in [0.5, 0.6) is 0 Å². The third kappa shape index (κ3) is 4.66. The van der Waals surface area contributed by atoms with E-state index in [-0.39, 0.29) is 22.8 Å². The van der Waals surface area contributed by atoms with Crippen molar-refractivity contribution >= 4 is 27.5 Å². The van der Waals surface area contributed by atoms with Crippen LogP contribution in [0.3, 0.4) is 0 Å². The van der Waals surface area contributed by atoms with Gasteiger partial charge >= 0.3 is 0 Å². The van der Waals surface area contributed by atoms with Crippen molar-refractivity contribution in [1.82, 2.24) is 14.6 Å². The molecule has 0 aliphatic carbocycles. The fourth-order valence-corrected chi connectivity index (χ4v) is 4.78. The Balaban J connectivity index is 1.58. The number of carbonyl (C=O) groups is 1.